The molecular weight excluding hydrogens is 510 g/mol. The Balaban J connectivity index is 1.26. The van der Waals surface area contributed by atoms with Crippen LogP contribution in [0.25, 0.3) is 11.3 Å². The van der Waals surface area contributed by atoms with Crippen LogP contribution >= 0.6 is 0 Å². The number of aromatic nitrogens is 2. The van der Waals surface area contributed by atoms with Crippen LogP contribution < -0.4 is 25.4 Å². The van der Waals surface area contributed by atoms with Gasteiger partial charge in [-0.15, -0.1) is 0 Å². The Bertz CT molecular complexity index is 1540. The summed E-state index contributed by atoms with van der Waals surface area (Å²) in [6.07, 6.45) is -4.59. The molecule has 2 heterocycles. The predicted molar refractivity (Wildman–Crippen MR) is 129 cm³/mol. The summed E-state index contributed by atoms with van der Waals surface area (Å²) in [6.45, 7) is 0.0515. The van der Waals surface area contributed by atoms with Crippen molar-refractivity contribution in [3.8, 4) is 22.8 Å². The third kappa shape index (κ3) is 5.21. The molecule has 1 aliphatic heterocycles. The number of hydrogen-bond acceptors (Lipinski definition) is 5. The predicted octanol–water partition coefficient (Wildman–Crippen LogP) is 5.86. The molecule has 1 aliphatic rings. The molecule has 4 N–H and O–H groups in total. The Hall–Kier alpha value is -5.07. The van der Waals surface area contributed by atoms with Crippen molar-refractivity contribution >= 4 is 29.1 Å². The lowest BCUT2D eigenvalue weighted by Gasteiger charge is -2.11. The molecule has 0 unspecified atom stereocenters. The number of carbonyl (C=O) groups excluding carboxylic acids is 2. The van der Waals surface area contributed by atoms with E-state index in [1.165, 1.54) is 48.5 Å². The lowest BCUT2D eigenvalue weighted by Crippen LogP contribution is -2.20. The van der Waals surface area contributed by atoms with Crippen molar-refractivity contribution in [2.75, 3.05) is 22.7 Å². The van der Waals surface area contributed by atoms with E-state index in [-0.39, 0.29) is 40.8 Å². The highest BCUT2D eigenvalue weighted by Crippen LogP contribution is 2.37. The van der Waals surface area contributed by atoms with E-state index in [0.717, 1.165) is 12.1 Å². The lowest BCUT2D eigenvalue weighted by molar-refractivity contribution is -0.137. The fourth-order valence-corrected chi connectivity index (χ4v) is 3.70. The number of carbonyl (C=O) groups is 2. The quantitative estimate of drug-likeness (QED) is 0.243. The number of H-pyrrole nitrogens is 1. The van der Waals surface area contributed by atoms with Gasteiger partial charge in [-0.1, -0.05) is 18.2 Å². The van der Waals surface area contributed by atoms with Gasteiger partial charge in [0.25, 0.3) is 5.91 Å². The number of anilines is 3. The van der Waals surface area contributed by atoms with Gasteiger partial charge in [0.05, 0.1) is 16.9 Å². The molecule has 0 atom stereocenters. The van der Waals surface area contributed by atoms with Gasteiger partial charge in [0.1, 0.15) is 5.82 Å². The van der Waals surface area contributed by atoms with Crippen LogP contribution in [0.15, 0.2) is 66.7 Å². The number of nitrogens with zero attached hydrogens (tertiary/aromatic N) is 1. The number of halogens is 4. The molecule has 38 heavy (non-hydrogen) atoms. The maximum Gasteiger partial charge on any atom is 0.417 e. The Kier molecular flexibility index (Phi) is 6.33. The van der Waals surface area contributed by atoms with Crippen LogP contribution in [-0.4, -0.2) is 28.9 Å². The van der Waals surface area contributed by atoms with E-state index in [1.807, 2.05) is 0 Å². The first kappa shape index (κ1) is 24.6. The van der Waals surface area contributed by atoms with Crippen LogP contribution in [0.2, 0.25) is 0 Å². The number of ether oxygens (including phenoxy) is 2. The van der Waals surface area contributed by atoms with E-state index in [9.17, 15) is 27.2 Å². The highest BCUT2D eigenvalue weighted by molar-refractivity contribution is 6.05. The number of alkyl halides is 3. The molecule has 0 bridgehead atoms. The maximum atomic E-state index is 14.3. The van der Waals surface area contributed by atoms with Crippen LogP contribution in [0.4, 0.5) is 39.5 Å². The van der Waals surface area contributed by atoms with Gasteiger partial charge >= 0.3 is 12.2 Å². The minimum absolute atomic E-state index is 0.0210. The molecule has 9 nitrogen and oxygen atoms in total. The summed E-state index contributed by atoms with van der Waals surface area (Å²) in [4.78, 5) is 25.0. The number of nitrogens with one attached hydrogen (secondary N) is 4. The molecule has 0 spiro atoms. The summed E-state index contributed by atoms with van der Waals surface area (Å²) in [5.74, 6) is -0.465. The first-order valence-electron chi connectivity index (χ1n) is 11.0. The van der Waals surface area contributed by atoms with Crippen molar-refractivity contribution in [2.45, 2.75) is 6.18 Å². The number of urea groups is 1. The topological polar surface area (TPSA) is 117 Å². The van der Waals surface area contributed by atoms with Gasteiger partial charge in [0.2, 0.25) is 6.79 Å². The third-order valence-electron chi connectivity index (χ3n) is 5.45. The maximum absolute atomic E-state index is 14.3. The van der Waals surface area contributed by atoms with Gasteiger partial charge in [-0.05, 0) is 42.5 Å². The Morgan fingerprint density at radius 3 is 2.50 bits per heavy atom. The second-order valence-corrected chi connectivity index (χ2v) is 8.01. The molecule has 0 saturated heterocycles. The van der Waals surface area contributed by atoms with Crippen molar-refractivity contribution in [3.05, 3.63) is 83.7 Å². The van der Waals surface area contributed by atoms with Crippen LogP contribution in [0, 0.1) is 5.82 Å². The molecule has 0 aliphatic carbocycles. The number of benzene rings is 3. The Morgan fingerprint density at radius 2 is 1.68 bits per heavy atom. The first-order valence-corrected chi connectivity index (χ1v) is 11.0. The summed E-state index contributed by atoms with van der Waals surface area (Å²) in [5.41, 5.74) is -0.807. The van der Waals surface area contributed by atoms with E-state index in [0.29, 0.717) is 11.5 Å². The molecular formula is C25H17F4N5O4. The number of rotatable bonds is 5. The average Bonchev–Trinajstić information content (AvgIpc) is 3.54. The van der Waals surface area contributed by atoms with E-state index < -0.39 is 29.5 Å². The molecule has 3 amide bonds. The molecule has 194 valence electrons. The molecule has 0 saturated carbocycles. The van der Waals surface area contributed by atoms with Crippen molar-refractivity contribution < 1.29 is 36.6 Å². The van der Waals surface area contributed by atoms with Crippen molar-refractivity contribution in [1.82, 2.24) is 10.2 Å². The zero-order chi connectivity index (χ0) is 26.9. The second-order valence-electron chi connectivity index (χ2n) is 8.01. The summed E-state index contributed by atoms with van der Waals surface area (Å²) < 4.78 is 64.7. The second kappa shape index (κ2) is 9.76. The molecule has 13 heteroatoms. The van der Waals surface area contributed by atoms with Gasteiger partial charge in [-0.3, -0.25) is 15.2 Å². The smallest absolute Gasteiger partial charge is 0.417 e. The van der Waals surface area contributed by atoms with E-state index >= 15 is 0 Å². The van der Waals surface area contributed by atoms with Gasteiger partial charge in [0.15, 0.2) is 17.3 Å². The minimum Gasteiger partial charge on any atom is -0.454 e. The standard InChI is InChI=1S/C25H17F4N5O4/c26-17-7-6-14(30-23(35)13-5-8-20-21(9-13)38-12-37-20)10-19(17)31-24(36)32-22-11-18(33-34-22)15-3-1-2-4-16(15)25(27,28)29/h1-11H,12H2,(H,30,35)(H3,31,32,33,34,36). The van der Waals surface area contributed by atoms with Crippen molar-refractivity contribution in [3.63, 3.8) is 0 Å². The van der Waals surface area contributed by atoms with Gasteiger partial charge in [0, 0.05) is 22.9 Å². The molecule has 0 fully saturated rings. The lowest BCUT2D eigenvalue weighted by atomic mass is 10.0. The molecule has 4 aromatic rings. The Morgan fingerprint density at radius 1 is 0.895 bits per heavy atom. The number of fused-ring (bicyclic) bond motifs is 1. The molecule has 1 aromatic heterocycles. The highest BCUT2D eigenvalue weighted by Gasteiger charge is 2.33. The Labute approximate surface area is 211 Å². The average molecular weight is 527 g/mol. The largest absolute Gasteiger partial charge is 0.454 e. The van der Waals surface area contributed by atoms with Crippen LogP contribution in [0.3, 0.4) is 0 Å². The summed E-state index contributed by atoms with van der Waals surface area (Å²) in [6, 6.07) is 13.4. The first-order chi connectivity index (χ1) is 18.2. The van der Waals surface area contributed by atoms with Gasteiger partial charge < -0.3 is 20.1 Å². The fourth-order valence-electron chi connectivity index (χ4n) is 3.70. The monoisotopic (exact) mass is 527 g/mol. The van der Waals surface area contributed by atoms with Crippen LogP contribution in [0.5, 0.6) is 11.5 Å². The fraction of sp³-hybridized carbons (Fsp3) is 0.0800. The summed E-state index contributed by atoms with van der Waals surface area (Å²) >= 11 is 0. The summed E-state index contributed by atoms with van der Waals surface area (Å²) in [7, 11) is 0. The van der Waals surface area contributed by atoms with Crippen molar-refractivity contribution in [2.24, 2.45) is 0 Å². The van der Waals surface area contributed by atoms with Gasteiger partial charge in [-0.2, -0.15) is 18.3 Å². The van der Waals surface area contributed by atoms with Gasteiger partial charge in [-0.25, -0.2) is 9.18 Å². The van der Waals surface area contributed by atoms with E-state index in [1.54, 1.807) is 6.07 Å². The zero-order valence-corrected chi connectivity index (χ0v) is 19.2. The zero-order valence-electron chi connectivity index (χ0n) is 19.2. The SMILES string of the molecule is O=C(Nc1cc(-c2ccccc2C(F)(F)F)[nH]n1)Nc1cc(NC(=O)c2ccc3c(c2)OCO3)ccc1F. The highest BCUT2D eigenvalue weighted by atomic mass is 19.4. The van der Waals surface area contributed by atoms with Crippen LogP contribution in [-0.2, 0) is 6.18 Å². The normalized spacial score (nSPS) is 12.2. The number of amides is 3. The summed E-state index contributed by atoms with van der Waals surface area (Å²) in [5, 5.41) is 13.4. The minimum atomic E-state index is -4.59. The number of aromatic amines is 1. The molecule has 5 rings (SSSR count). The molecule has 3 aromatic carbocycles. The van der Waals surface area contributed by atoms with Crippen LogP contribution in [0.1, 0.15) is 15.9 Å². The molecule has 0 radical (unpaired) electrons. The number of hydrogen-bond donors (Lipinski definition) is 4. The third-order valence-corrected chi connectivity index (χ3v) is 5.45. The van der Waals surface area contributed by atoms with E-state index in [4.69, 9.17) is 9.47 Å². The van der Waals surface area contributed by atoms with Crippen molar-refractivity contribution in [1.29, 1.82) is 0 Å². The van der Waals surface area contributed by atoms with E-state index in [2.05, 4.69) is 26.1 Å².